The van der Waals surface area contributed by atoms with Gasteiger partial charge < -0.3 is 20.3 Å². The monoisotopic (exact) mass is 273 g/mol. The summed E-state index contributed by atoms with van der Waals surface area (Å²) in [6, 6.07) is -0.640. The van der Waals surface area contributed by atoms with E-state index in [1.54, 1.807) is 21.2 Å². The molecule has 0 aromatic heterocycles. The summed E-state index contributed by atoms with van der Waals surface area (Å²) in [6.45, 7) is 6.47. The Labute approximate surface area is 115 Å². The molecule has 112 valence electrons. The van der Waals surface area contributed by atoms with Crippen LogP contribution in [0.15, 0.2) is 0 Å². The predicted octanol–water partition coefficient (Wildman–Crippen LogP) is -0.0770. The van der Waals surface area contributed by atoms with E-state index in [0.29, 0.717) is 13.2 Å². The number of nitrogens with two attached hydrogens (primary N) is 1. The third-order valence-electron chi connectivity index (χ3n) is 2.90. The first-order chi connectivity index (χ1) is 8.61. The third kappa shape index (κ3) is 6.02. The molecule has 6 heteroatoms. The average Bonchev–Trinajstić information content (AvgIpc) is 2.30. The SMILES string of the molecule is COCCN(CC(=O)N(C)C)C(=O)C(N)C(C)(C)C. The van der Waals surface area contributed by atoms with Crippen molar-refractivity contribution in [2.45, 2.75) is 26.8 Å². The molecule has 0 heterocycles. The smallest absolute Gasteiger partial charge is 0.241 e. The number of methoxy groups -OCH3 is 1. The molecule has 1 atom stereocenters. The standard InChI is InChI=1S/C13H27N3O3/c1-13(2,3)11(14)12(18)16(7-8-19-6)9-10(17)15(4)5/h11H,7-9,14H2,1-6H3. The largest absolute Gasteiger partial charge is 0.383 e. The second-order valence-corrected chi connectivity index (χ2v) is 5.88. The third-order valence-corrected chi connectivity index (χ3v) is 2.90. The fourth-order valence-corrected chi connectivity index (χ4v) is 1.34. The van der Waals surface area contributed by atoms with Crippen LogP contribution in [0.1, 0.15) is 20.8 Å². The summed E-state index contributed by atoms with van der Waals surface area (Å²) >= 11 is 0. The van der Waals surface area contributed by atoms with Crippen LogP contribution in [0, 0.1) is 5.41 Å². The number of amides is 2. The Balaban J connectivity index is 4.83. The second-order valence-electron chi connectivity index (χ2n) is 5.88. The number of likely N-dealkylation sites (N-methyl/N-ethyl adjacent to an activating group) is 1. The van der Waals surface area contributed by atoms with Gasteiger partial charge in [0, 0.05) is 27.7 Å². The van der Waals surface area contributed by atoms with E-state index in [1.165, 1.54) is 9.80 Å². The summed E-state index contributed by atoms with van der Waals surface area (Å²) in [5.41, 5.74) is 5.62. The van der Waals surface area contributed by atoms with Gasteiger partial charge in [-0.3, -0.25) is 9.59 Å². The van der Waals surface area contributed by atoms with Crippen LogP contribution in [-0.4, -0.2) is 68.6 Å². The lowest BCUT2D eigenvalue weighted by molar-refractivity contribution is -0.142. The lowest BCUT2D eigenvalue weighted by atomic mass is 9.86. The van der Waals surface area contributed by atoms with Gasteiger partial charge in [-0.2, -0.15) is 0 Å². The van der Waals surface area contributed by atoms with Crippen LogP contribution in [-0.2, 0) is 14.3 Å². The van der Waals surface area contributed by atoms with Gasteiger partial charge in [0.2, 0.25) is 11.8 Å². The quantitative estimate of drug-likeness (QED) is 0.734. The van der Waals surface area contributed by atoms with Gasteiger partial charge >= 0.3 is 0 Å². The van der Waals surface area contributed by atoms with Gasteiger partial charge in [0.1, 0.15) is 0 Å². The van der Waals surface area contributed by atoms with E-state index in [-0.39, 0.29) is 23.8 Å². The van der Waals surface area contributed by atoms with E-state index in [0.717, 1.165) is 0 Å². The highest BCUT2D eigenvalue weighted by Crippen LogP contribution is 2.19. The summed E-state index contributed by atoms with van der Waals surface area (Å²) in [4.78, 5) is 27.0. The number of carbonyl (C=O) groups is 2. The molecule has 0 saturated heterocycles. The van der Waals surface area contributed by atoms with Crippen molar-refractivity contribution in [2.75, 3.05) is 40.9 Å². The highest BCUT2D eigenvalue weighted by molar-refractivity contribution is 5.87. The van der Waals surface area contributed by atoms with E-state index in [4.69, 9.17) is 10.5 Å². The van der Waals surface area contributed by atoms with E-state index in [1.807, 2.05) is 20.8 Å². The molecule has 0 aromatic carbocycles. The molecule has 6 nitrogen and oxygen atoms in total. The van der Waals surface area contributed by atoms with Crippen molar-refractivity contribution in [1.82, 2.24) is 9.80 Å². The molecule has 0 rings (SSSR count). The predicted molar refractivity (Wildman–Crippen MR) is 74.6 cm³/mol. The van der Waals surface area contributed by atoms with Gasteiger partial charge in [0.05, 0.1) is 19.2 Å². The molecule has 19 heavy (non-hydrogen) atoms. The Hall–Kier alpha value is -1.14. The summed E-state index contributed by atoms with van der Waals surface area (Å²) < 4.78 is 4.97. The molecule has 0 saturated carbocycles. The van der Waals surface area contributed by atoms with Gasteiger partial charge in [-0.05, 0) is 5.41 Å². The molecule has 2 amide bonds. The van der Waals surface area contributed by atoms with Crippen molar-refractivity contribution in [2.24, 2.45) is 11.1 Å². The van der Waals surface area contributed by atoms with Crippen LogP contribution in [0.2, 0.25) is 0 Å². The Bertz CT molecular complexity index is 311. The maximum atomic E-state index is 12.3. The van der Waals surface area contributed by atoms with Gasteiger partial charge in [-0.25, -0.2) is 0 Å². The molecule has 0 aliphatic carbocycles. The molecular formula is C13H27N3O3. The highest BCUT2D eigenvalue weighted by atomic mass is 16.5. The molecule has 0 bridgehead atoms. The minimum atomic E-state index is -0.640. The topological polar surface area (TPSA) is 75.9 Å². The number of ether oxygens (including phenoxy) is 1. The Morgan fingerprint density at radius 2 is 1.79 bits per heavy atom. The van der Waals surface area contributed by atoms with Gasteiger partial charge in [-0.1, -0.05) is 20.8 Å². The maximum Gasteiger partial charge on any atom is 0.241 e. The summed E-state index contributed by atoms with van der Waals surface area (Å²) in [7, 11) is 4.87. The highest BCUT2D eigenvalue weighted by Gasteiger charge is 2.31. The number of nitrogens with zero attached hydrogens (tertiary/aromatic N) is 2. The first-order valence-electron chi connectivity index (χ1n) is 6.34. The van der Waals surface area contributed by atoms with Gasteiger partial charge in [0.25, 0.3) is 0 Å². The molecule has 0 spiro atoms. The molecular weight excluding hydrogens is 246 g/mol. The van der Waals surface area contributed by atoms with Crippen LogP contribution in [0.25, 0.3) is 0 Å². The Morgan fingerprint density at radius 1 is 1.26 bits per heavy atom. The summed E-state index contributed by atoms with van der Waals surface area (Å²) in [5, 5.41) is 0. The van der Waals surface area contributed by atoms with Crippen LogP contribution in [0.5, 0.6) is 0 Å². The van der Waals surface area contributed by atoms with Crippen molar-refractivity contribution >= 4 is 11.8 Å². The van der Waals surface area contributed by atoms with Gasteiger partial charge in [-0.15, -0.1) is 0 Å². The molecule has 1 unspecified atom stereocenters. The Kier molecular flexibility index (Phi) is 7.00. The van der Waals surface area contributed by atoms with Crippen LogP contribution < -0.4 is 5.73 Å². The van der Waals surface area contributed by atoms with Crippen LogP contribution >= 0.6 is 0 Å². The lowest BCUT2D eigenvalue weighted by Crippen LogP contribution is -2.53. The van der Waals surface area contributed by atoms with Gasteiger partial charge in [0.15, 0.2) is 0 Å². The van der Waals surface area contributed by atoms with Crippen molar-refractivity contribution in [3.05, 3.63) is 0 Å². The first-order valence-corrected chi connectivity index (χ1v) is 6.34. The number of hydrogen-bond acceptors (Lipinski definition) is 4. The molecule has 0 radical (unpaired) electrons. The summed E-state index contributed by atoms with van der Waals surface area (Å²) in [6.07, 6.45) is 0. The number of rotatable bonds is 6. The second kappa shape index (κ2) is 7.45. The minimum absolute atomic E-state index is 0.0268. The lowest BCUT2D eigenvalue weighted by Gasteiger charge is -2.32. The average molecular weight is 273 g/mol. The number of hydrogen-bond donors (Lipinski definition) is 1. The fourth-order valence-electron chi connectivity index (χ4n) is 1.34. The molecule has 0 aliphatic rings. The van der Waals surface area contributed by atoms with E-state index >= 15 is 0 Å². The molecule has 2 N–H and O–H groups in total. The molecule has 0 aromatic rings. The van der Waals surface area contributed by atoms with Crippen molar-refractivity contribution in [3.8, 4) is 0 Å². The van der Waals surface area contributed by atoms with E-state index < -0.39 is 6.04 Å². The molecule has 0 fully saturated rings. The molecule has 0 aliphatic heterocycles. The number of carbonyl (C=O) groups excluding carboxylic acids is 2. The van der Waals surface area contributed by atoms with E-state index in [9.17, 15) is 9.59 Å². The van der Waals surface area contributed by atoms with E-state index in [2.05, 4.69) is 0 Å². The zero-order valence-corrected chi connectivity index (χ0v) is 12.9. The maximum absolute atomic E-state index is 12.3. The van der Waals surface area contributed by atoms with Crippen molar-refractivity contribution in [1.29, 1.82) is 0 Å². The summed E-state index contributed by atoms with van der Waals surface area (Å²) in [5.74, 6) is -0.356. The fraction of sp³-hybridized carbons (Fsp3) is 0.846. The Morgan fingerprint density at radius 3 is 2.16 bits per heavy atom. The first kappa shape index (κ1) is 17.9. The minimum Gasteiger partial charge on any atom is -0.383 e. The van der Waals surface area contributed by atoms with Crippen molar-refractivity contribution < 1.29 is 14.3 Å². The van der Waals surface area contributed by atoms with Crippen LogP contribution in [0.4, 0.5) is 0 Å². The van der Waals surface area contributed by atoms with Crippen molar-refractivity contribution in [3.63, 3.8) is 0 Å². The zero-order chi connectivity index (χ0) is 15.2. The zero-order valence-electron chi connectivity index (χ0n) is 12.9. The van der Waals surface area contributed by atoms with Crippen LogP contribution in [0.3, 0.4) is 0 Å². The normalized spacial score (nSPS) is 13.0.